The van der Waals surface area contributed by atoms with E-state index in [0.29, 0.717) is 10.5 Å². The molecule has 0 fully saturated rings. The van der Waals surface area contributed by atoms with Gasteiger partial charge in [0.15, 0.2) is 0 Å². The van der Waals surface area contributed by atoms with E-state index in [0.717, 1.165) is 6.42 Å². The first kappa shape index (κ1) is 14.6. The summed E-state index contributed by atoms with van der Waals surface area (Å²) in [6.45, 7) is 8.91. The fourth-order valence-electron chi connectivity index (χ4n) is 1.79. The molecule has 1 aromatic carbocycles. The van der Waals surface area contributed by atoms with Crippen LogP contribution in [0.15, 0.2) is 24.3 Å². The van der Waals surface area contributed by atoms with Gasteiger partial charge in [0.05, 0.1) is 0 Å². The molecule has 0 spiro atoms. The first-order chi connectivity index (χ1) is 8.08. The lowest BCUT2D eigenvalue weighted by molar-refractivity contribution is 0.709. The zero-order chi connectivity index (χ0) is 12.8. The molecule has 0 amide bonds. The van der Waals surface area contributed by atoms with Crippen molar-refractivity contribution in [3.8, 4) is 0 Å². The Labute approximate surface area is 110 Å². The molecule has 0 aliphatic heterocycles. The maximum atomic E-state index is 6.31. The summed E-state index contributed by atoms with van der Waals surface area (Å²) in [4.78, 5) is 0. The van der Waals surface area contributed by atoms with Crippen LogP contribution in [-0.4, -0.2) is 10.5 Å². The van der Waals surface area contributed by atoms with Crippen LogP contribution in [0, 0.1) is 0 Å². The molecule has 0 heterocycles. The molecule has 0 aliphatic carbocycles. The highest BCUT2D eigenvalue weighted by Gasteiger charge is 2.17. The maximum Gasteiger partial charge on any atom is 0.0412 e. The molecule has 0 aromatic heterocycles. The predicted molar refractivity (Wildman–Crippen MR) is 79.6 cm³/mol. The van der Waals surface area contributed by atoms with Gasteiger partial charge in [-0.1, -0.05) is 52.0 Å². The van der Waals surface area contributed by atoms with Gasteiger partial charge in [-0.3, -0.25) is 0 Å². The first-order valence-corrected chi connectivity index (χ1v) is 7.52. The lowest BCUT2D eigenvalue weighted by Crippen LogP contribution is -2.22. The second kappa shape index (κ2) is 7.07. The summed E-state index contributed by atoms with van der Waals surface area (Å²) in [6.07, 6.45) is 2.29. The summed E-state index contributed by atoms with van der Waals surface area (Å²) >= 11 is 1.99. The molecule has 0 saturated carbocycles. The second-order valence-electron chi connectivity index (χ2n) is 4.68. The van der Waals surface area contributed by atoms with Crippen LogP contribution in [0.5, 0.6) is 0 Å². The quantitative estimate of drug-likeness (QED) is 0.821. The summed E-state index contributed by atoms with van der Waals surface area (Å²) in [5.41, 5.74) is 8.95. The molecule has 1 rings (SSSR count). The van der Waals surface area contributed by atoms with Crippen LogP contribution in [0.2, 0.25) is 0 Å². The fourth-order valence-corrected chi connectivity index (χ4v) is 3.05. The number of thioether (sulfide) groups is 1. The lowest BCUT2D eigenvalue weighted by Gasteiger charge is -2.22. The molecule has 0 saturated heterocycles. The molecule has 2 N–H and O–H groups in total. The molecule has 2 heteroatoms. The molecule has 3 unspecified atom stereocenters. The number of hydrogen-bond acceptors (Lipinski definition) is 2. The number of benzene rings is 1. The van der Waals surface area contributed by atoms with E-state index in [1.807, 2.05) is 11.8 Å². The molecule has 17 heavy (non-hydrogen) atoms. The zero-order valence-corrected chi connectivity index (χ0v) is 12.3. The van der Waals surface area contributed by atoms with Crippen molar-refractivity contribution in [3.05, 3.63) is 35.4 Å². The molecule has 1 nitrogen and oxygen atoms in total. The van der Waals surface area contributed by atoms with Crippen LogP contribution in [0.4, 0.5) is 0 Å². The van der Waals surface area contributed by atoms with Crippen molar-refractivity contribution in [1.82, 2.24) is 0 Å². The normalized spacial score (nSPS) is 16.5. The van der Waals surface area contributed by atoms with Crippen LogP contribution in [0.3, 0.4) is 0 Å². The van der Waals surface area contributed by atoms with Crippen molar-refractivity contribution in [1.29, 1.82) is 0 Å². The van der Waals surface area contributed by atoms with E-state index >= 15 is 0 Å². The summed E-state index contributed by atoms with van der Waals surface area (Å²) in [5, 5.41) is 1.16. The van der Waals surface area contributed by atoms with Gasteiger partial charge in [0.1, 0.15) is 0 Å². The lowest BCUT2D eigenvalue weighted by atomic mass is 10.0. The Kier molecular flexibility index (Phi) is 6.07. The van der Waals surface area contributed by atoms with Crippen molar-refractivity contribution >= 4 is 11.8 Å². The number of aryl methyl sites for hydroxylation is 1. The minimum absolute atomic E-state index is 0.139. The monoisotopic (exact) mass is 251 g/mol. The maximum absolute atomic E-state index is 6.31. The Hall–Kier alpha value is -0.470. The average Bonchev–Trinajstić information content (AvgIpc) is 2.37. The largest absolute Gasteiger partial charge is 0.323 e. The highest BCUT2D eigenvalue weighted by atomic mass is 32.2. The van der Waals surface area contributed by atoms with Crippen molar-refractivity contribution in [2.75, 3.05) is 0 Å². The molecule has 96 valence electrons. The van der Waals surface area contributed by atoms with Crippen molar-refractivity contribution in [2.24, 2.45) is 5.73 Å². The van der Waals surface area contributed by atoms with Gasteiger partial charge in [-0.25, -0.2) is 0 Å². The summed E-state index contributed by atoms with van der Waals surface area (Å²) in [7, 11) is 0. The third-order valence-electron chi connectivity index (χ3n) is 3.30. The molecule has 0 aliphatic rings. The van der Waals surface area contributed by atoms with E-state index in [2.05, 4.69) is 52.0 Å². The smallest absolute Gasteiger partial charge is 0.0412 e. The zero-order valence-electron chi connectivity index (χ0n) is 11.4. The number of hydrogen-bond donors (Lipinski definition) is 1. The Morgan fingerprint density at radius 3 is 2.18 bits per heavy atom. The van der Waals surface area contributed by atoms with Gasteiger partial charge in [0, 0.05) is 16.5 Å². The van der Waals surface area contributed by atoms with Crippen LogP contribution in [0.1, 0.15) is 51.3 Å². The SMILES string of the molecule is CCc1ccc(C(N)C(C)SC(C)CC)cc1. The highest BCUT2D eigenvalue weighted by molar-refractivity contribution is 8.00. The molecule has 0 bridgehead atoms. The Morgan fingerprint density at radius 2 is 1.71 bits per heavy atom. The van der Waals surface area contributed by atoms with Gasteiger partial charge < -0.3 is 5.73 Å². The van der Waals surface area contributed by atoms with Gasteiger partial charge in [0.25, 0.3) is 0 Å². The summed E-state index contributed by atoms with van der Waals surface area (Å²) in [6, 6.07) is 8.87. The molecular weight excluding hydrogens is 226 g/mol. The van der Waals surface area contributed by atoms with Crippen LogP contribution in [-0.2, 0) is 6.42 Å². The summed E-state index contributed by atoms with van der Waals surface area (Å²) in [5.74, 6) is 0. The van der Waals surface area contributed by atoms with Crippen LogP contribution in [0.25, 0.3) is 0 Å². The minimum atomic E-state index is 0.139. The van der Waals surface area contributed by atoms with E-state index in [-0.39, 0.29) is 6.04 Å². The first-order valence-electron chi connectivity index (χ1n) is 6.58. The molecule has 3 atom stereocenters. The van der Waals surface area contributed by atoms with Crippen LogP contribution >= 0.6 is 11.8 Å². The topological polar surface area (TPSA) is 26.0 Å². The standard InChI is InChI=1S/C15H25NS/c1-5-11(3)17-12(4)15(16)14-9-7-13(6-2)8-10-14/h7-12,15H,5-6,16H2,1-4H3. The van der Waals surface area contributed by atoms with Crippen molar-refractivity contribution in [3.63, 3.8) is 0 Å². The van der Waals surface area contributed by atoms with Crippen LogP contribution < -0.4 is 5.73 Å². The fraction of sp³-hybridized carbons (Fsp3) is 0.600. The third-order valence-corrected chi connectivity index (χ3v) is 4.82. The summed E-state index contributed by atoms with van der Waals surface area (Å²) < 4.78 is 0. The van der Waals surface area contributed by atoms with Gasteiger partial charge in [-0.05, 0) is 24.0 Å². The van der Waals surface area contributed by atoms with E-state index in [9.17, 15) is 0 Å². The third kappa shape index (κ3) is 4.36. The van der Waals surface area contributed by atoms with Gasteiger partial charge >= 0.3 is 0 Å². The van der Waals surface area contributed by atoms with E-state index < -0.39 is 0 Å². The van der Waals surface area contributed by atoms with Crippen molar-refractivity contribution < 1.29 is 0 Å². The Morgan fingerprint density at radius 1 is 1.12 bits per heavy atom. The van der Waals surface area contributed by atoms with Gasteiger partial charge in [-0.2, -0.15) is 11.8 Å². The van der Waals surface area contributed by atoms with Gasteiger partial charge in [-0.15, -0.1) is 0 Å². The predicted octanol–water partition coefficient (Wildman–Crippen LogP) is 4.17. The Balaban J connectivity index is 2.64. The van der Waals surface area contributed by atoms with Gasteiger partial charge in [0.2, 0.25) is 0 Å². The highest BCUT2D eigenvalue weighted by Crippen LogP contribution is 2.28. The number of rotatable bonds is 6. The van der Waals surface area contributed by atoms with E-state index in [1.165, 1.54) is 17.5 Å². The second-order valence-corrected chi connectivity index (χ2v) is 6.50. The van der Waals surface area contributed by atoms with E-state index in [1.54, 1.807) is 0 Å². The molecule has 0 radical (unpaired) electrons. The van der Waals surface area contributed by atoms with E-state index in [4.69, 9.17) is 5.73 Å². The molecular formula is C15H25NS. The average molecular weight is 251 g/mol. The Bertz CT molecular complexity index is 320. The number of nitrogens with two attached hydrogens (primary N) is 1. The minimum Gasteiger partial charge on any atom is -0.323 e. The molecule has 1 aromatic rings. The van der Waals surface area contributed by atoms with Crippen molar-refractivity contribution in [2.45, 2.75) is 57.1 Å².